The lowest BCUT2D eigenvalue weighted by Gasteiger charge is -2.21. The number of ether oxygens (including phenoxy) is 1. The largest absolute Gasteiger partial charge is 0.382 e. The van der Waals surface area contributed by atoms with Crippen molar-refractivity contribution in [1.29, 1.82) is 0 Å². The fourth-order valence-corrected chi connectivity index (χ4v) is 1.38. The lowest BCUT2D eigenvalue weighted by Crippen LogP contribution is -2.42. The van der Waals surface area contributed by atoms with Crippen LogP contribution >= 0.6 is 0 Å². The van der Waals surface area contributed by atoms with Crippen molar-refractivity contribution < 1.29 is 9.53 Å². The van der Waals surface area contributed by atoms with Gasteiger partial charge in [0, 0.05) is 6.61 Å². The van der Waals surface area contributed by atoms with Gasteiger partial charge in [0.25, 0.3) is 5.91 Å². The van der Waals surface area contributed by atoms with Crippen molar-refractivity contribution in [3.05, 3.63) is 18.1 Å². The number of rotatable bonds is 6. The maximum absolute atomic E-state index is 12.0. The highest BCUT2D eigenvalue weighted by Crippen LogP contribution is 2.04. The average molecular weight is 252 g/mol. The third kappa shape index (κ3) is 4.29. The molecule has 3 N–H and O–H groups in total. The molecule has 0 bridgehead atoms. The molecule has 0 radical (unpaired) electrons. The molecular formula is C12H20N4O2. The van der Waals surface area contributed by atoms with Gasteiger partial charge in [-0.3, -0.25) is 9.78 Å². The smallest absolute Gasteiger partial charge is 0.271 e. The van der Waals surface area contributed by atoms with Crippen molar-refractivity contribution in [2.75, 3.05) is 18.9 Å². The quantitative estimate of drug-likeness (QED) is 0.783. The first-order valence-corrected chi connectivity index (χ1v) is 6.00. The van der Waals surface area contributed by atoms with E-state index in [9.17, 15) is 4.79 Å². The molecule has 18 heavy (non-hydrogen) atoms. The Morgan fingerprint density at radius 1 is 1.50 bits per heavy atom. The predicted molar refractivity (Wildman–Crippen MR) is 69.0 cm³/mol. The summed E-state index contributed by atoms with van der Waals surface area (Å²) in [6.45, 7) is 7.07. The number of nitrogens with zero attached hydrogens (tertiary/aromatic N) is 2. The Morgan fingerprint density at radius 3 is 2.78 bits per heavy atom. The Hall–Kier alpha value is -1.69. The molecule has 6 heteroatoms. The number of nitrogen functional groups attached to an aromatic ring is 1. The zero-order chi connectivity index (χ0) is 13.5. The Morgan fingerprint density at radius 2 is 2.22 bits per heavy atom. The van der Waals surface area contributed by atoms with E-state index in [-0.39, 0.29) is 29.4 Å². The number of hydrogen-bond acceptors (Lipinski definition) is 5. The fourth-order valence-electron chi connectivity index (χ4n) is 1.38. The second-order valence-electron chi connectivity index (χ2n) is 4.31. The SMILES string of the molecule is CCOCC(NC(=O)c1cncc(N)n1)C(C)C. The van der Waals surface area contributed by atoms with Gasteiger partial charge in [-0.1, -0.05) is 13.8 Å². The molecule has 0 aliphatic carbocycles. The van der Waals surface area contributed by atoms with Crippen LogP contribution < -0.4 is 11.1 Å². The molecule has 1 heterocycles. The van der Waals surface area contributed by atoms with Crippen LogP contribution in [0.5, 0.6) is 0 Å². The van der Waals surface area contributed by atoms with Crippen molar-refractivity contribution in [1.82, 2.24) is 15.3 Å². The van der Waals surface area contributed by atoms with E-state index in [2.05, 4.69) is 15.3 Å². The number of nitrogens with one attached hydrogen (secondary N) is 1. The highest BCUT2D eigenvalue weighted by Gasteiger charge is 2.18. The van der Waals surface area contributed by atoms with E-state index in [4.69, 9.17) is 10.5 Å². The van der Waals surface area contributed by atoms with E-state index in [1.807, 2.05) is 20.8 Å². The summed E-state index contributed by atoms with van der Waals surface area (Å²) in [4.78, 5) is 19.7. The first-order valence-electron chi connectivity index (χ1n) is 6.00. The van der Waals surface area contributed by atoms with Crippen LogP contribution in [-0.4, -0.2) is 35.1 Å². The molecule has 0 aromatic carbocycles. The number of anilines is 1. The zero-order valence-electron chi connectivity index (χ0n) is 11.0. The van der Waals surface area contributed by atoms with Gasteiger partial charge in [0.15, 0.2) is 0 Å². The first-order chi connectivity index (χ1) is 8.54. The van der Waals surface area contributed by atoms with Crippen LogP contribution in [0.25, 0.3) is 0 Å². The third-order valence-corrected chi connectivity index (χ3v) is 2.51. The molecule has 1 amide bonds. The molecule has 0 fully saturated rings. The van der Waals surface area contributed by atoms with Gasteiger partial charge in [-0.25, -0.2) is 4.98 Å². The van der Waals surface area contributed by atoms with Gasteiger partial charge in [-0.2, -0.15) is 0 Å². The molecule has 0 spiro atoms. The lowest BCUT2D eigenvalue weighted by molar-refractivity contribution is 0.0802. The second kappa shape index (κ2) is 6.90. The Balaban J connectivity index is 2.66. The van der Waals surface area contributed by atoms with Gasteiger partial charge >= 0.3 is 0 Å². The van der Waals surface area contributed by atoms with Crippen LogP contribution in [0.3, 0.4) is 0 Å². The first kappa shape index (κ1) is 14.4. The van der Waals surface area contributed by atoms with Crippen molar-refractivity contribution >= 4 is 11.7 Å². The number of carbonyl (C=O) groups excluding carboxylic acids is 1. The van der Waals surface area contributed by atoms with Crippen LogP contribution in [0.4, 0.5) is 5.82 Å². The minimum Gasteiger partial charge on any atom is -0.382 e. The normalized spacial score (nSPS) is 12.4. The molecule has 100 valence electrons. The summed E-state index contributed by atoms with van der Waals surface area (Å²) in [6, 6.07) is -0.0549. The number of amides is 1. The van der Waals surface area contributed by atoms with E-state index >= 15 is 0 Å². The van der Waals surface area contributed by atoms with Crippen molar-refractivity contribution in [3.8, 4) is 0 Å². The summed E-state index contributed by atoms with van der Waals surface area (Å²) in [5.74, 6) is 0.219. The third-order valence-electron chi connectivity index (χ3n) is 2.51. The zero-order valence-corrected chi connectivity index (χ0v) is 11.0. The molecule has 1 aromatic rings. The van der Waals surface area contributed by atoms with Gasteiger partial charge in [0.2, 0.25) is 0 Å². The predicted octanol–water partition coefficient (Wildman–Crippen LogP) is 0.850. The summed E-state index contributed by atoms with van der Waals surface area (Å²) in [6.07, 6.45) is 2.79. The molecule has 1 atom stereocenters. The number of carbonyl (C=O) groups is 1. The van der Waals surface area contributed by atoms with Crippen molar-refractivity contribution in [2.24, 2.45) is 5.92 Å². The number of hydrogen-bond donors (Lipinski definition) is 2. The van der Waals surface area contributed by atoms with Crippen molar-refractivity contribution in [2.45, 2.75) is 26.8 Å². The number of aromatic nitrogens is 2. The molecule has 0 aliphatic heterocycles. The fraction of sp³-hybridized carbons (Fsp3) is 0.583. The summed E-state index contributed by atoms with van der Waals surface area (Å²) in [5, 5.41) is 2.87. The Labute approximate surface area is 107 Å². The molecule has 0 saturated heterocycles. The monoisotopic (exact) mass is 252 g/mol. The standard InChI is InChI=1S/C12H20N4O2/c1-4-18-7-10(8(2)3)16-12(17)9-5-14-6-11(13)15-9/h5-6,8,10H,4,7H2,1-3H3,(H2,13,15)(H,16,17). The summed E-state index contributed by atoms with van der Waals surface area (Å²) < 4.78 is 5.34. The molecule has 1 aromatic heterocycles. The summed E-state index contributed by atoms with van der Waals surface area (Å²) in [7, 11) is 0. The van der Waals surface area contributed by atoms with Crippen LogP contribution in [0.2, 0.25) is 0 Å². The molecule has 6 nitrogen and oxygen atoms in total. The maximum atomic E-state index is 12.0. The van der Waals surface area contributed by atoms with E-state index in [1.54, 1.807) is 0 Å². The Kier molecular flexibility index (Phi) is 5.51. The van der Waals surface area contributed by atoms with Gasteiger partial charge in [0.1, 0.15) is 11.5 Å². The highest BCUT2D eigenvalue weighted by molar-refractivity contribution is 5.92. The molecular weight excluding hydrogens is 232 g/mol. The molecule has 0 saturated carbocycles. The summed E-state index contributed by atoms with van der Waals surface area (Å²) >= 11 is 0. The van der Waals surface area contributed by atoms with Crippen LogP contribution in [0, 0.1) is 5.92 Å². The molecule has 1 unspecified atom stereocenters. The van der Waals surface area contributed by atoms with Gasteiger partial charge in [0.05, 0.1) is 25.0 Å². The number of nitrogens with two attached hydrogens (primary N) is 1. The van der Waals surface area contributed by atoms with Crippen molar-refractivity contribution in [3.63, 3.8) is 0 Å². The lowest BCUT2D eigenvalue weighted by atomic mass is 10.1. The van der Waals surface area contributed by atoms with Gasteiger partial charge < -0.3 is 15.8 Å². The minimum absolute atomic E-state index is 0.0549. The minimum atomic E-state index is -0.284. The van der Waals surface area contributed by atoms with Crippen LogP contribution in [0.15, 0.2) is 12.4 Å². The summed E-state index contributed by atoms with van der Waals surface area (Å²) in [5.41, 5.74) is 5.71. The average Bonchev–Trinajstić information content (AvgIpc) is 2.33. The van der Waals surface area contributed by atoms with Crippen LogP contribution in [0.1, 0.15) is 31.3 Å². The Bertz CT molecular complexity index is 395. The molecule has 0 aliphatic rings. The van der Waals surface area contributed by atoms with Gasteiger partial charge in [-0.05, 0) is 12.8 Å². The van der Waals surface area contributed by atoms with E-state index in [0.29, 0.717) is 13.2 Å². The molecule has 1 rings (SSSR count). The maximum Gasteiger partial charge on any atom is 0.271 e. The van der Waals surface area contributed by atoms with E-state index < -0.39 is 0 Å². The highest BCUT2D eigenvalue weighted by atomic mass is 16.5. The topological polar surface area (TPSA) is 90.1 Å². The van der Waals surface area contributed by atoms with E-state index in [0.717, 1.165) is 0 Å². The van der Waals surface area contributed by atoms with E-state index in [1.165, 1.54) is 12.4 Å². The van der Waals surface area contributed by atoms with Gasteiger partial charge in [-0.15, -0.1) is 0 Å². The second-order valence-corrected chi connectivity index (χ2v) is 4.31. The van der Waals surface area contributed by atoms with Crippen LogP contribution in [-0.2, 0) is 4.74 Å².